The van der Waals surface area contributed by atoms with Crippen LogP contribution in [0.2, 0.25) is 0 Å². The second kappa shape index (κ2) is 10.2. The fourth-order valence-electron chi connectivity index (χ4n) is 4.56. The highest BCUT2D eigenvalue weighted by Crippen LogP contribution is 2.38. The van der Waals surface area contributed by atoms with Gasteiger partial charge in [-0.3, -0.25) is 4.79 Å². The van der Waals surface area contributed by atoms with E-state index in [2.05, 4.69) is 15.5 Å². The number of anilines is 1. The fourth-order valence-corrected chi connectivity index (χ4v) is 6.59. The van der Waals surface area contributed by atoms with Crippen molar-refractivity contribution in [3.63, 3.8) is 0 Å². The van der Waals surface area contributed by atoms with Crippen molar-refractivity contribution in [2.75, 3.05) is 18.2 Å². The van der Waals surface area contributed by atoms with Gasteiger partial charge in [0.15, 0.2) is 5.16 Å². The van der Waals surface area contributed by atoms with Crippen LogP contribution in [-0.4, -0.2) is 39.5 Å². The second-order valence-electron chi connectivity index (χ2n) is 8.41. The maximum Gasteiger partial charge on any atom is 0.341 e. The van der Waals surface area contributed by atoms with Crippen molar-refractivity contribution in [3.8, 4) is 0 Å². The number of fused-ring (bicyclic) bond motifs is 1. The molecule has 2 heterocycles. The molecule has 2 aromatic heterocycles. The zero-order valence-corrected chi connectivity index (χ0v) is 19.9. The molecule has 31 heavy (non-hydrogen) atoms. The average Bonchev–Trinajstić information content (AvgIpc) is 3.32. The minimum Gasteiger partial charge on any atom is -0.465 e. The van der Waals surface area contributed by atoms with Crippen molar-refractivity contribution in [2.45, 2.75) is 69.4 Å². The van der Waals surface area contributed by atoms with Crippen molar-refractivity contribution in [1.29, 1.82) is 0 Å². The number of ether oxygens (including phenoxy) is 1. The Kier molecular flexibility index (Phi) is 7.32. The van der Waals surface area contributed by atoms with Crippen LogP contribution >= 0.6 is 23.1 Å². The predicted molar refractivity (Wildman–Crippen MR) is 123 cm³/mol. The third kappa shape index (κ3) is 5.14. The molecule has 9 heteroatoms. The summed E-state index contributed by atoms with van der Waals surface area (Å²) in [6, 6.07) is 0. The molecule has 0 aromatic carbocycles. The summed E-state index contributed by atoms with van der Waals surface area (Å²) in [5, 5.41) is 13.0. The zero-order chi connectivity index (χ0) is 21.8. The van der Waals surface area contributed by atoms with E-state index in [-0.39, 0.29) is 17.6 Å². The molecule has 0 saturated heterocycles. The number of hydrogen-bond donors (Lipinski definition) is 1. The summed E-state index contributed by atoms with van der Waals surface area (Å²) in [7, 11) is 3.36. The number of thioether (sulfide) groups is 1. The third-order valence-electron chi connectivity index (χ3n) is 6.27. The van der Waals surface area contributed by atoms with Crippen LogP contribution in [0.15, 0.2) is 5.16 Å². The van der Waals surface area contributed by atoms with Crippen LogP contribution in [0, 0.1) is 5.92 Å². The molecule has 7 nitrogen and oxygen atoms in total. The number of methoxy groups -OCH3 is 1. The van der Waals surface area contributed by atoms with Gasteiger partial charge < -0.3 is 14.6 Å². The van der Waals surface area contributed by atoms with Gasteiger partial charge in [-0.05, 0) is 37.2 Å². The van der Waals surface area contributed by atoms with Gasteiger partial charge in [-0.25, -0.2) is 4.79 Å². The van der Waals surface area contributed by atoms with Crippen LogP contribution in [0.1, 0.15) is 71.6 Å². The van der Waals surface area contributed by atoms with Crippen LogP contribution in [-0.2, 0) is 35.8 Å². The molecule has 4 rings (SSSR count). The molecule has 1 amide bonds. The Morgan fingerprint density at radius 1 is 1.16 bits per heavy atom. The molecule has 168 valence electrons. The average molecular weight is 463 g/mol. The van der Waals surface area contributed by atoms with Gasteiger partial charge in [0.05, 0.1) is 18.4 Å². The van der Waals surface area contributed by atoms with Crippen LogP contribution in [0.3, 0.4) is 0 Å². The molecule has 0 aliphatic heterocycles. The van der Waals surface area contributed by atoms with E-state index in [1.54, 1.807) is 0 Å². The van der Waals surface area contributed by atoms with Gasteiger partial charge in [0.1, 0.15) is 10.8 Å². The Morgan fingerprint density at radius 3 is 2.71 bits per heavy atom. The smallest absolute Gasteiger partial charge is 0.341 e. The minimum absolute atomic E-state index is 0.148. The first-order valence-corrected chi connectivity index (χ1v) is 12.9. The lowest BCUT2D eigenvalue weighted by atomic mass is 9.87. The van der Waals surface area contributed by atoms with E-state index in [1.165, 1.54) is 67.2 Å². The van der Waals surface area contributed by atoms with E-state index < -0.39 is 0 Å². The fraction of sp³-hybridized carbons (Fsp3) is 0.636. The number of nitrogens with one attached hydrogen (secondary N) is 1. The monoisotopic (exact) mass is 462 g/mol. The highest BCUT2D eigenvalue weighted by atomic mass is 32.2. The number of thiophene rings is 1. The first kappa shape index (κ1) is 22.3. The first-order chi connectivity index (χ1) is 15.1. The van der Waals surface area contributed by atoms with Crippen molar-refractivity contribution in [3.05, 3.63) is 21.8 Å². The molecule has 0 unspecified atom stereocenters. The first-order valence-electron chi connectivity index (χ1n) is 11.1. The Labute approximate surface area is 191 Å². The molecule has 2 aliphatic carbocycles. The Balaban J connectivity index is 1.38. The summed E-state index contributed by atoms with van der Waals surface area (Å²) >= 11 is 2.88. The lowest BCUT2D eigenvalue weighted by Gasteiger charge is -2.20. The van der Waals surface area contributed by atoms with Gasteiger partial charge in [0.2, 0.25) is 5.91 Å². The van der Waals surface area contributed by atoms with E-state index in [0.717, 1.165) is 48.6 Å². The Morgan fingerprint density at radius 2 is 1.94 bits per heavy atom. The number of esters is 1. The lowest BCUT2D eigenvalue weighted by Crippen LogP contribution is -2.17. The summed E-state index contributed by atoms with van der Waals surface area (Å²) in [4.78, 5) is 26.2. The number of hydrogen-bond acceptors (Lipinski definition) is 7. The molecule has 2 aliphatic rings. The normalized spacial score (nSPS) is 16.7. The summed E-state index contributed by atoms with van der Waals surface area (Å²) in [5.41, 5.74) is 1.58. The number of carbonyl (C=O) groups is 2. The molecular formula is C22H30N4O3S2. The Bertz CT molecular complexity index is 947. The summed E-state index contributed by atoms with van der Waals surface area (Å²) in [6.07, 6.45) is 11.5. The van der Waals surface area contributed by atoms with Crippen molar-refractivity contribution >= 4 is 40.0 Å². The van der Waals surface area contributed by atoms with Gasteiger partial charge in [-0.15, -0.1) is 21.5 Å². The number of aryl methyl sites for hydroxylation is 1. The van der Waals surface area contributed by atoms with Gasteiger partial charge in [0.25, 0.3) is 0 Å². The van der Waals surface area contributed by atoms with E-state index in [4.69, 9.17) is 4.74 Å². The number of aromatic nitrogens is 3. The third-order valence-corrected chi connectivity index (χ3v) is 8.49. The van der Waals surface area contributed by atoms with E-state index in [1.807, 2.05) is 11.6 Å². The summed E-state index contributed by atoms with van der Waals surface area (Å²) < 4.78 is 6.99. The van der Waals surface area contributed by atoms with E-state index in [0.29, 0.717) is 16.5 Å². The van der Waals surface area contributed by atoms with Crippen molar-refractivity contribution in [2.24, 2.45) is 13.0 Å². The summed E-state index contributed by atoms with van der Waals surface area (Å²) in [6.45, 7) is 0. The molecule has 1 N–H and O–H groups in total. The number of amides is 1. The molecule has 0 radical (unpaired) electrons. The number of carbonyl (C=O) groups excluding carboxylic acids is 2. The molecule has 0 bridgehead atoms. The lowest BCUT2D eigenvalue weighted by molar-refractivity contribution is -0.113. The molecule has 0 atom stereocenters. The standard InChI is InChI=1S/C22H30N4O3S2/c1-26-17(12-14-8-4-3-5-9-14)24-25-22(26)30-13-18(27)23-20-19(21(28)29-2)15-10-6-7-11-16(15)31-20/h14H,3-13H2,1-2H3,(H,23,27). The molecule has 1 saturated carbocycles. The van der Waals surface area contributed by atoms with Gasteiger partial charge in [0, 0.05) is 18.3 Å². The zero-order valence-electron chi connectivity index (χ0n) is 18.2. The molecular weight excluding hydrogens is 432 g/mol. The van der Waals surface area contributed by atoms with Crippen LogP contribution in [0.25, 0.3) is 0 Å². The Hall–Kier alpha value is -1.87. The molecule has 0 spiro atoms. The van der Waals surface area contributed by atoms with Crippen LogP contribution in [0.4, 0.5) is 5.00 Å². The van der Waals surface area contributed by atoms with Crippen molar-refractivity contribution in [1.82, 2.24) is 14.8 Å². The quantitative estimate of drug-likeness (QED) is 0.485. The largest absolute Gasteiger partial charge is 0.465 e. The van der Waals surface area contributed by atoms with Gasteiger partial charge in [-0.1, -0.05) is 43.9 Å². The van der Waals surface area contributed by atoms with Crippen LogP contribution in [0.5, 0.6) is 0 Å². The highest BCUT2D eigenvalue weighted by molar-refractivity contribution is 7.99. The predicted octanol–water partition coefficient (Wildman–Crippen LogP) is 4.40. The number of nitrogens with zero attached hydrogens (tertiary/aromatic N) is 3. The van der Waals surface area contributed by atoms with Gasteiger partial charge >= 0.3 is 5.97 Å². The summed E-state index contributed by atoms with van der Waals surface area (Å²) in [5.74, 6) is 1.39. The maximum atomic E-state index is 12.7. The van der Waals surface area contributed by atoms with Crippen LogP contribution < -0.4 is 5.32 Å². The highest BCUT2D eigenvalue weighted by Gasteiger charge is 2.27. The number of rotatable bonds is 7. The van der Waals surface area contributed by atoms with E-state index >= 15 is 0 Å². The minimum atomic E-state index is -0.372. The van der Waals surface area contributed by atoms with E-state index in [9.17, 15) is 9.59 Å². The maximum absolute atomic E-state index is 12.7. The molecule has 1 fully saturated rings. The SMILES string of the molecule is COC(=O)c1c(NC(=O)CSc2nnc(CC3CCCCC3)n2C)sc2c1CCCC2. The second-order valence-corrected chi connectivity index (χ2v) is 10.5. The van der Waals surface area contributed by atoms with Gasteiger partial charge in [-0.2, -0.15) is 0 Å². The van der Waals surface area contributed by atoms with Crippen molar-refractivity contribution < 1.29 is 14.3 Å². The topological polar surface area (TPSA) is 86.1 Å². The molecule has 2 aromatic rings.